The van der Waals surface area contributed by atoms with E-state index >= 15 is 0 Å². The van der Waals surface area contributed by atoms with Crippen molar-refractivity contribution in [1.29, 1.82) is 0 Å². The van der Waals surface area contributed by atoms with Crippen LogP contribution in [0.1, 0.15) is 34.8 Å². The number of carbonyl (C=O) groups is 1. The van der Waals surface area contributed by atoms with Crippen molar-refractivity contribution < 1.29 is 14.8 Å². The molecule has 124 valence electrons. The Morgan fingerprint density at radius 3 is 2.50 bits per heavy atom. The van der Waals surface area contributed by atoms with Crippen LogP contribution in [0.15, 0.2) is 47.6 Å². The summed E-state index contributed by atoms with van der Waals surface area (Å²) in [5.74, 6) is -0.395. The summed E-state index contributed by atoms with van der Waals surface area (Å²) in [6.45, 7) is 3.75. The van der Waals surface area contributed by atoms with Crippen LogP contribution in [0.5, 0.6) is 5.75 Å². The molecule has 0 spiro atoms. The van der Waals surface area contributed by atoms with Gasteiger partial charge in [0, 0.05) is 23.3 Å². The maximum absolute atomic E-state index is 12.1. The van der Waals surface area contributed by atoms with Gasteiger partial charge in [-0.2, -0.15) is 5.10 Å². The van der Waals surface area contributed by atoms with Crippen LogP contribution in [0, 0.1) is 17.0 Å². The number of non-ortho nitro benzene ring substituents is 1. The Kier molecular flexibility index (Phi) is 5.26. The molecule has 2 N–H and O–H groups in total. The molecule has 0 atom stereocenters. The van der Waals surface area contributed by atoms with E-state index in [4.69, 9.17) is 0 Å². The summed E-state index contributed by atoms with van der Waals surface area (Å²) in [5, 5.41) is 24.6. The molecule has 0 saturated carbocycles. The highest BCUT2D eigenvalue weighted by atomic mass is 16.6. The van der Waals surface area contributed by atoms with Gasteiger partial charge in [0.15, 0.2) is 0 Å². The number of carbonyl (C=O) groups excluding carboxylic acids is 1. The molecule has 0 radical (unpaired) electrons. The Morgan fingerprint density at radius 2 is 1.92 bits per heavy atom. The van der Waals surface area contributed by atoms with Crippen molar-refractivity contribution in [1.82, 2.24) is 5.43 Å². The smallest absolute Gasteiger partial charge is 0.271 e. The Balaban J connectivity index is 2.19. The highest BCUT2D eigenvalue weighted by molar-refractivity contribution is 6.04. The fourth-order valence-corrected chi connectivity index (χ4v) is 2.13. The second-order valence-electron chi connectivity index (χ2n) is 5.18. The number of hydrogen-bond acceptors (Lipinski definition) is 5. The molecule has 0 aliphatic rings. The van der Waals surface area contributed by atoms with Crippen molar-refractivity contribution in [2.45, 2.75) is 20.3 Å². The zero-order valence-corrected chi connectivity index (χ0v) is 13.3. The average Bonchev–Trinajstić information content (AvgIpc) is 2.58. The lowest BCUT2D eigenvalue weighted by Gasteiger charge is -2.08. The summed E-state index contributed by atoms with van der Waals surface area (Å²) < 4.78 is 0. The molecule has 0 heterocycles. The molecule has 0 aliphatic carbocycles. The van der Waals surface area contributed by atoms with E-state index in [1.54, 1.807) is 18.2 Å². The number of nitrogens with zero attached hydrogens (tertiary/aromatic N) is 2. The molecule has 0 aromatic heterocycles. The molecule has 24 heavy (non-hydrogen) atoms. The Labute approximate surface area is 138 Å². The molecule has 2 aromatic carbocycles. The van der Waals surface area contributed by atoms with Crippen molar-refractivity contribution in [3.8, 4) is 5.75 Å². The number of rotatable bonds is 5. The molecular formula is C17H17N3O4. The number of nitro benzene ring substituents is 1. The van der Waals surface area contributed by atoms with Crippen LogP contribution in [0.2, 0.25) is 0 Å². The van der Waals surface area contributed by atoms with Gasteiger partial charge in [-0.3, -0.25) is 14.9 Å². The van der Waals surface area contributed by atoms with Crippen molar-refractivity contribution in [3.05, 3.63) is 69.3 Å². The number of benzene rings is 2. The van der Waals surface area contributed by atoms with Crippen LogP contribution in [0.3, 0.4) is 0 Å². The van der Waals surface area contributed by atoms with Crippen LogP contribution in [-0.2, 0) is 0 Å². The SMILES string of the molecule is CC/C(=N\NC(=O)c1ccc([N+](=O)[O-])cc1)c1cc(C)ccc1O. The lowest BCUT2D eigenvalue weighted by atomic mass is 10.0. The minimum atomic E-state index is -0.532. The summed E-state index contributed by atoms with van der Waals surface area (Å²) in [4.78, 5) is 22.2. The molecular weight excluding hydrogens is 310 g/mol. The van der Waals surface area contributed by atoms with Gasteiger partial charge in [0.25, 0.3) is 11.6 Å². The van der Waals surface area contributed by atoms with Crippen LogP contribution >= 0.6 is 0 Å². The zero-order valence-electron chi connectivity index (χ0n) is 13.3. The van der Waals surface area contributed by atoms with Gasteiger partial charge in [-0.15, -0.1) is 0 Å². The van der Waals surface area contributed by atoms with E-state index < -0.39 is 10.8 Å². The predicted molar refractivity (Wildman–Crippen MR) is 90.2 cm³/mol. The van der Waals surface area contributed by atoms with Crippen LogP contribution < -0.4 is 5.43 Å². The maximum atomic E-state index is 12.1. The second-order valence-corrected chi connectivity index (χ2v) is 5.18. The van der Waals surface area contributed by atoms with Crippen molar-refractivity contribution in [2.75, 3.05) is 0 Å². The van der Waals surface area contributed by atoms with Crippen LogP contribution in [-0.4, -0.2) is 21.6 Å². The summed E-state index contributed by atoms with van der Waals surface area (Å²) in [6.07, 6.45) is 0.511. The lowest BCUT2D eigenvalue weighted by Crippen LogP contribution is -2.20. The van der Waals surface area contributed by atoms with Crippen molar-refractivity contribution in [2.24, 2.45) is 5.10 Å². The van der Waals surface area contributed by atoms with Gasteiger partial charge >= 0.3 is 0 Å². The number of phenols is 1. The number of aromatic hydroxyl groups is 1. The molecule has 0 aliphatic heterocycles. The second kappa shape index (κ2) is 7.36. The van der Waals surface area contributed by atoms with E-state index in [-0.39, 0.29) is 17.0 Å². The standard InChI is InChI=1S/C17H17N3O4/c1-3-15(14-10-11(2)4-9-16(14)21)18-19-17(22)12-5-7-13(8-6-12)20(23)24/h4-10,21H,3H2,1-2H3,(H,19,22)/b18-15+. The highest BCUT2D eigenvalue weighted by Gasteiger charge is 2.11. The summed E-state index contributed by atoms with van der Waals surface area (Å²) >= 11 is 0. The average molecular weight is 327 g/mol. The van der Waals surface area contributed by atoms with E-state index in [1.807, 2.05) is 13.8 Å². The number of amides is 1. The van der Waals surface area contributed by atoms with Crippen molar-refractivity contribution in [3.63, 3.8) is 0 Å². The number of nitro groups is 1. The van der Waals surface area contributed by atoms with Crippen LogP contribution in [0.4, 0.5) is 5.69 Å². The quantitative estimate of drug-likeness (QED) is 0.500. The van der Waals surface area contributed by atoms with E-state index in [0.717, 1.165) is 5.56 Å². The van der Waals surface area contributed by atoms with Crippen molar-refractivity contribution >= 4 is 17.3 Å². The maximum Gasteiger partial charge on any atom is 0.271 e. The molecule has 0 bridgehead atoms. The fraction of sp³-hybridized carbons (Fsp3) is 0.176. The molecule has 7 nitrogen and oxygen atoms in total. The summed E-state index contributed by atoms with van der Waals surface area (Å²) in [6, 6.07) is 10.4. The summed E-state index contributed by atoms with van der Waals surface area (Å²) in [7, 11) is 0. The molecule has 1 amide bonds. The topological polar surface area (TPSA) is 105 Å². The third-order valence-corrected chi connectivity index (χ3v) is 3.43. The number of phenolic OH excluding ortho intramolecular Hbond substituents is 1. The predicted octanol–water partition coefficient (Wildman–Crippen LogP) is 3.15. The Bertz CT molecular complexity index is 798. The first-order chi connectivity index (χ1) is 11.4. The van der Waals surface area contributed by atoms with E-state index in [9.17, 15) is 20.0 Å². The third-order valence-electron chi connectivity index (χ3n) is 3.43. The van der Waals surface area contributed by atoms with E-state index in [1.165, 1.54) is 24.3 Å². The van der Waals surface area contributed by atoms with Gasteiger partial charge in [0.1, 0.15) is 5.75 Å². The third kappa shape index (κ3) is 3.95. The zero-order chi connectivity index (χ0) is 17.7. The largest absolute Gasteiger partial charge is 0.507 e. The molecule has 0 saturated heterocycles. The first-order valence-electron chi connectivity index (χ1n) is 7.33. The van der Waals surface area contributed by atoms with Crippen LogP contribution in [0.25, 0.3) is 0 Å². The number of hydrogen-bond donors (Lipinski definition) is 2. The first-order valence-corrected chi connectivity index (χ1v) is 7.33. The van der Waals surface area contributed by atoms with Gasteiger partial charge in [0.2, 0.25) is 0 Å². The number of nitrogens with one attached hydrogen (secondary N) is 1. The minimum absolute atomic E-state index is 0.0887. The number of aryl methyl sites for hydroxylation is 1. The van der Waals surface area contributed by atoms with Gasteiger partial charge in [-0.25, -0.2) is 5.43 Å². The van der Waals surface area contributed by atoms with Gasteiger partial charge in [0.05, 0.1) is 10.6 Å². The Hall–Kier alpha value is -3.22. The minimum Gasteiger partial charge on any atom is -0.507 e. The number of hydrazone groups is 1. The Morgan fingerprint density at radius 1 is 1.25 bits per heavy atom. The lowest BCUT2D eigenvalue weighted by molar-refractivity contribution is -0.384. The molecule has 2 aromatic rings. The van der Waals surface area contributed by atoms with Gasteiger partial charge < -0.3 is 5.11 Å². The molecule has 0 unspecified atom stereocenters. The fourth-order valence-electron chi connectivity index (χ4n) is 2.13. The summed E-state index contributed by atoms with van der Waals surface area (Å²) in [5.41, 5.74) is 4.63. The normalized spacial score (nSPS) is 11.2. The molecule has 2 rings (SSSR count). The first kappa shape index (κ1) is 17.1. The highest BCUT2D eigenvalue weighted by Crippen LogP contribution is 2.20. The monoisotopic (exact) mass is 327 g/mol. The van der Waals surface area contributed by atoms with E-state index in [2.05, 4.69) is 10.5 Å². The molecule has 0 fully saturated rings. The van der Waals surface area contributed by atoms with E-state index in [0.29, 0.717) is 17.7 Å². The van der Waals surface area contributed by atoms with Gasteiger partial charge in [-0.05, 0) is 37.6 Å². The molecule has 7 heteroatoms. The van der Waals surface area contributed by atoms with Gasteiger partial charge in [-0.1, -0.05) is 18.6 Å².